The molecule has 2 N–H and O–H groups in total. The van der Waals surface area contributed by atoms with Crippen molar-refractivity contribution in [3.8, 4) is 0 Å². The second-order valence-corrected chi connectivity index (χ2v) is 4.84. The van der Waals surface area contributed by atoms with E-state index in [4.69, 9.17) is 5.11 Å². The van der Waals surface area contributed by atoms with Crippen molar-refractivity contribution in [3.05, 3.63) is 39.5 Å². The maximum Gasteiger partial charge on any atom is 0.405 e. The van der Waals surface area contributed by atoms with Crippen LogP contribution in [0, 0.1) is 3.57 Å². The van der Waals surface area contributed by atoms with Crippen LogP contribution in [0.5, 0.6) is 0 Å². The van der Waals surface area contributed by atoms with Gasteiger partial charge in [-0.2, -0.15) is 0 Å². The molecule has 0 unspecified atom stereocenters. The molecule has 0 aliphatic heterocycles. The Morgan fingerprint density at radius 1 is 1.44 bits per heavy atom. The minimum Gasteiger partial charge on any atom is -0.465 e. The Balaban J connectivity index is 2.76. The van der Waals surface area contributed by atoms with E-state index in [1.165, 1.54) is 3.57 Å². The normalized spacial score (nSPS) is 13.3. The second-order valence-electron chi connectivity index (χ2n) is 3.59. The zero-order valence-corrected chi connectivity index (χ0v) is 11.4. The van der Waals surface area contributed by atoms with Crippen molar-refractivity contribution in [2.75, 3.05) is 0 Å². The van der Waals surface area contributed by atoms with Gasteiger partial charge in [-0.1, -0.05) is 18.2 Å². The fourth-order valence-electron chi connectivity index (χ4n) is 1.42. The number of hydrogen-bond acceptors (Lipinski definition) is 1. The highest BCUT2D eigenvalue weighted by atomic mass is 127. The molecule has 1 aromatic carbocycles. The average Bonchev–Trinajstić information content (AvgIpc) is 2.16. The molecule has 0 saturated heterocycles. The Bertz CT molecular complexity index is 398. The van der Waals surface area contributed by atoms with Crippen LogP contribution in [-0.4, -0.2) is 17.2 Å². The standard InChI is InChI=1S/C12H14INO2/c1-8(7-9(2)14-12(15)16)10-3-5-11(13)6-4-10/h3-7,9,14H,1-2H3,(H,15,16)/b8-7-/t9-/m0/s1. The predicted octanol–water partition coefficient (Wildman–Crippen LogP) is 3.35. The molecule has 1 atom stereocenters. The van der Waals surface area contributed by atoms with E-state index < -0.39 is 6.09 Å². The molecule has 0 saturated carbocycles. The van der Waals surface area contributed by atoms with E-state index in [9.17, 15) is 4.79 Å². The molecule has 3 nitrogen and oxygen atoms in total. The molecule has 0 aliphatic rings. The number of benzene rings is 1. The first-order chi connectivity index (χ1) is 7.49. The first-order valence-electron chi connectivity index (χ1n) is 4.93. The van der Waals surface area contributed by atoms with Crippen LogP contribution >= 0.6 is 22.6 Å². The van der Waals surface area contributed by atoms with Gasteiger partial charge >= 0.3 is 6.09 Å². The van der Waals surface area contributed by atoms with Crippen molar-refractivity contribution in [2.24, 2.45) is 0 Å². The van der Waals surface area contributed by atoms with E-state index in [2.05, 4.69) is 27.9 Å². The molecule has 1 aromatic rings. The van der Waals surface area contributed by atoms with Crippen LogP contribution in [0.25, 0.3) is 5.57 Å². The van der Waals surface area contributed by atoms with Crippen LogP contribution in [-0.2, 0) is 0 Å². The van der Waals surface area contributed by atoms with Gasteiger partial charge in [0.05, 0.1) is 0 Å². The minimum absolute atomic E-state index is 0.184. The van der Waals surface area contributed by atoms with Gasteiger partial charge in [-0.25, -0.2) is 4.79 Å². The van der Waals surface area contributed by atoms with Crippen LogP contribution in [0.4, 0.5) is 4.79 Å². The monoisotopic (exact) mass is 331 g/mol. The Kier molecular flexibility index (Phi) is 4.79. The third kappa shape index (κ3) is 4.22. The van der Waals surface area contributed by atoms with Crippen LogP contribution in [0.2, 0.25) is 0 Å². The van der Waals surface area contributed by atoms with E-state index in [1.54, 1.807) is 0 Å². The second kappa shape index (κ2) is 5.89. The zero-order chi connectivity index (χ0) is 12.1. The fourth-order valence-corrected chi connectivity index (χ4v) is 1.78. The summed E-state index contributed by atoms with van der Waals surface area (Å²) in [6, 6.07) is 7.93. The number of rotatable bonds is 3. The van der Waals surface area contributed by atoms with E-state index >= 15 is 0 Å². The first-order valence-corrected chi connectivity index (χ1v) is 6.00. The Morgan fingerprint density at radius 3 is 2.50 bits per heavy atom. The highest BCUT2D eigenvalue weighted by Crippen LogP contribution is 2.16. The molecule has 1 rings (SSSR count). The maximum absolute atomic E-state index is 10.4. The van der Waals surface area contributed by atoms with Gasteiger partial charge in [0, 0.05) is 9.61 Å². The lowest BCUT2D eigenvalue weighted by atomic mass is 10.1. The van der Waals surface area contributed by atoms with Crippen LogP contribution < -0.4 is 5.32 Å². The molecule has 0 fully saturated rings. The number of nitrogens with one attached hydrogen (secondary N) is 1. The third-order valence-electron chi connectivity index (χ3n) is 2.15. The van der Waals surface area contributed by atoms with Crippen LogP contribution in [0.3, 0.4) is 0 Å². The Morgan fingerprint density at radius 2 is 2.00 bits per heavy atom. The molecule has 16 heavy (non-hydrogen) atoms. The number of carboxylic acid groups (broad SMARTS) is 1. The van der Waals surface area contributed by atoms with Crippen molar-refractivity contribution < 1.29 is 9.90 Å². The molecule has 0 spiro atoms. The number of hydrogen-bond donors (Lipinski definition) is 2. The molecule has 0 heterocycles. The number of allylic oxidation sites excluding steroid dienone is 1. The fraction of sp³-hybridized carbons (Fsp3) is 0.250. The van der Waals surface area contributed by atoms with Gasteiger partial charge in [-0.05, 0) is 59.7 Å². The van der Waals surface area contributed by atoms with Crippen LogP contribution in [0.1, 0.15) is 19.4 Å². The van der Waals surface area contributed by atoms with E-state index in [0.717, 1.165) is 11.1 Å². The van der Waals surface area contributed by atoms with Gasteiger partial charge in [0.2, 0.25) is 0 Å². The summed E-state index contributed by atoms with van der Waals surface area (Å²) in [5.41, 5.74) is 2.18. The molecule has 86 valence electrons. The molecule has 4 heteroatoms. The SMILES string of the molecule is C/C(=C/[C@H](C)NC(=O)O)c1ccc(I)cc1. The highest BCUT2D eigenvalue weighted by Gasteiger charge is 2.03. The number of halogens is 1. The lowest BCUT2D eigenvalue weighted by molar-refractivity contribution is 0.193. The summed E-state index contributed by atoms with van der Waals surface area (Å²) in [5.74, 6) is 0. The highest BCUT2D eigenvalue weighted by molar-refractivity contribution is 14.1. The minimum atomic E-state index is -1.00. The van der Waals surface area contributed by atoms with Crippen molar-refractivity contribution in [1.82, 2.24) is 5.32 Å². The van der Waals surface area contributed by atoms with Crippen molar-refractivity contribution in [3.63, 3.8) is 0 Å². The third-order valence-corrected chi connectivity index (χ3v) is 2.87. The summed E-state index contributed by atoms with van der Waals surface area (Å²) in [6.07, 6.45) is 0.898. The predicted molar refractivity (Wildman–Crippen MR) is 73.4 cm³/mol. The summed E-state index contributed by atoms with van der Waals surface area (Å²) in [6.45, 7) is 3.78. The summed E-state index contributed by atoms with van der Waals surface area (Å²) >= 11 is 2.25. The summed E-state index contributed by atoms with van der Waals surface area (Å²) in [5, 5.41) is 11.0. The molecule has 0 radical (unpaired) electrons. The van der Waals surface area contributed by atoms with E-state index in [0.29, 0.717) is 0 Å². The Labute approximate surface area is 109 Å². The van der Waals surface area contributed by atoms with Gasteiger partial charge in [0.1, 0.15) is 0 Å². The number of carbonyl (C=O) groups is 1. The zero-order valence-electron chi connectivity index (χ0n) is 9.20. The van der Waals surface area contributed by atoms with E-state index in [-0.39, 0.29) is 6.04 Å². The largest absolute Gasteiger partial charge is 0.465 e. The summed E-state index contributed by atoms with van der Waals surface area (Å²) in [4.78, 5) is 10.4. The lowest BCUT2D eigenvalue weighted by Crippen LogP contribution is -2.29. The van der Waals surface area contributed by atoms with Gasteiger partial charge in [0.25, 0.3) is 0 Å². The first kappa shape index (κ1) is 13.0. The average molecular weight is 331 g/mol. The Hall–Kier alpha value is -1.04. The van der Waals surface area contributed by atoms with Gasteiger partial charge in [-0.3, -0.25) is 0 Å². The molecule has 1 amide bonds. The van der Waals surface area contributed by atoms with Crippen molar-refractivity contribution in [1.29, 1.82) is 0 Å². The van der Waals surface area contributed by atoms with Crippen molar-refractivity contribution in [2.45, 2.75) is 19.9 Å². The van der Waals surface area contributed by atoms with Gasteiger partial charge < -0.3 is 10.4 Å². The number of amides is 1. The smallest absolute Gasteiger partial charge is 0.405 e. The van der Waals surface area contributed by atoms with Crippen LogP contribution in [0.15, 0.2) is 30.3 Å². The van der Waals surface area contributed by atoms with E-state index in [1.807, 2.05) is 44.2 Å². The topological polar surface area (TPSA) is 49.3 Å². The summed E-state index contributed by atoms with van der Waals surface area (Å²) < 4.78 is 1.19. The molecular weight excluding hydrogens is 317 g/mol. The summed E-state index contributed by atoms with van der Waals surface area (Å²) in [7, 11) is 0. The quantitative estimate of drug-likeness (QED) is 0.835. The molecule has 0 aliphatic carbocycles. The van der Waals surface area contributed by atoms with Crippen molar-refractivity contribution >= 4 is 34.3 Å². The lowest BCUT2D eigenvalue weighted by Gasteiger charge is -2.08. The molecule has 0 bridgehead atoms. The molecular formula is C12H14INO2. The van der Waals surface area contributed by atoms with Gasteiger partial charge in [-0.15, -0.1) is 0 Å². The van der Waals surface area contributed by atoms with Gasteiger partial charge in [0.15, 0.2) is 0 Å². The maximum atomic E-state index is 10.4. The molecule has 0 aromatic heterocycles.